The Kier molecular flexibility index (Phi) is 6.01. The first-order valence-electron chi connectivity index (χ1n) is 11.5. The number of carbonyl (C=O) groups is 4. The highest BCUT2D eigenvalue weighted by atomic mass is 16.2. The minimum atomic E-state index is -0.294. The predicted molar refractivity (Wildman–Crippen MR) is 132 cm³/mol. The van der Waals surface area contributed by atoms with Gasteiger partial charge in [-0.2, -0.15) is 0 Å². The summed E-state index contributed by atoms with van der Waals surface area (Å²) in [6.07, 6.45) is 1.50. The van der Waals surface area contributed by atoms with E-state index in [9.17, 15) is 19.2 Å². The molecule has 8 nitrogen and oxygen atoms in total. The van der Waals surface area contributed by atoms with Gasteiger partial charge >= 0.3 is 0 Å². The molecule has 35 heavy (non-hydrogen) atoms. The molecule has 0 spiro atoms. The maximum Gasteiger partial charge on any atom is 0.258 e. The van der Waals surface area contributed by atoms with Gasteiger partial charge in [-0.15, -0.1) is 0 Å². The van der Waals surface area contributed by atoms with Crippen molar-refractivity contribution in [1.29, 1.82) is 0 Å². The lowest BCUT2D eigenvalue weighted by Crippen LogP contribution is -2.42. The van der Waals surface area contributed by atoms with E-state index < -0.39 is 0 Å². The number of amides is 4. The van der Waals surface area contributed by atoms with Gasteiger partial charge in [-0.05, 0) is 60.5 Å². The van der Waals surface area contributed by atoms with Crippen LogP contribution in [0.2, 0.25) is 0 Å². The molecule has 1 saturated heterocycles. The number of para-hydroxylation sites is 2. The van der Waals surface area contributed by atoms with E-state index in [1.807, 2.05) is 23.1 Å². The second kappa shape index (κ2) is 9.42. The van der Waals surface area contributed by atoms with Crippen LogP contribution in [0.3, 0.4) is 0 Å². The Bertz CT molecular complexity index is 1300. The summed E-state index contributed by atoms with van der Waals surface area (Å²) in [7, 11) is 0. The molecular weight excluding hydrogens is 444 g/mol. The number of nitrogens with one attached hydrogen (secondary N) is 2. The van der Waals surface area contributed by atoms with Gasteiger partial charge < -0.3 is 15.5 Å². The molecule has 3 aromatic carbocycles. The molecular formula is C27H24N4O4. The molecule has 1 fully saturated rings. The van der Waals surface area contributed by atoms with Crippen molar-refractivity contribution in [2.45, 2.75) is 19.4 Å². The average molecular weight is 469 g/mol. The summed E-state index contributed by atoms with van der Waals surface area (Å²) in [4.78, 5) is 52.8. The maximum absolute atomic E-state index is 13.1. The molecule has 2 aliphatic rings. The third-order valence-electron chi connectivity index (χ3n) is 6.17. The molecule has 0 radical (unpaired) electrons. The van der Waals surface area contributed by atoms with E-state index >= 15 is 0 Å². The van der Waals surface area contributed by atoms with Gasteiger partial charge in [0.05, 0.1) is 11.4 Å². The first-order chi connectivity index (χ1) is 17.0. The van der Waals surface area contributed by atoms with Gasteiger partial charge in [0.1, 0.15) is 6.54 Å². The van der Waals surface area contributed by atoms with Crippen molar-refractivity contribution >= 4 is 40.7 Å². The van der Waals surface area contributed by atoms with E-state index in [4.69, 9.17) is 0 Å². The van der Waals surface area contributed by atoms with Gasteiger partial charge in [0, 0.05) is 36.3 Å². The average Bonchev–Trinajstić information content (AvgIpc) is 3.28. The zero-order valence-corrected chi connectivity index (χ0v) is 19.0. The third kappa shape index (κ3) is 4.77. The number of fused-ring (bicyclic) bond motifs is 1. The fourth-order valence-electron chi connectivity index (χ4n) is 4.32. The number of hydrogen-bond donors (Lipinski definition) is 2. The number of nitrogens with zero attached hydrogens (tertiary/aromatic N) is 2. The van der Waals surface area contributed by atoms with Crippen LogP contribution in [0.25, 0.3) is 0 Å². The van der Waals surface area contributed by atoms with Crippen LogP contribution in [0.4, 0.5) is 17.1 Å². The Hall–Kier alpha value is -4.46. The van der Waals surface area contributed by atoms with Crippen molar-refractivity contribution in [1.82, 2.24) is 4.90 Å². The molecule has 2 heterocycles. The summed E-state index contributed by atoms with van der Waals surface area (Å²) in [6.45, 7) is 1.27. The predicted octanol–water partition coefficient (Wildman–Crippen LogP) is 3.66. The monoisotopic (exact) mass is 468 g/mol. The molecule has 8 heteroatoms. The van der Waals surface area contributed by atoms with E-state index in [1.54, 1.807) is 54.6 Å². The molecule has 0 aromatic heterocycles. The Morgan fingerprint density at radius 1 is 0.886 bits per heavy atom. The van der Waals surface area contributed by atoms with Crippen LogP contribution in [0.5, 0.6) is 0 Å². The molecule has 176 valence electrons. The summed E-state index contributed by atoms with van der Waals surface area (Å²) >= 11 is 0. The van der Waals surface area contributed by atoms with Crippen molar-refractivity contribution in [2.24, 2.45) is 0 Å². The molecule has 2 N–H and O–H groups in total. The van der Waals surface area contributed by atoms with Crippen molar-refractivity contribution in [3.8, 4) is 0 Å². The molecule has 0 bridgehead atoms. The Morgan fingerprint density at radius 2 is 1.60 bits per heavy atom. The van der Waals surface area contributed by atoms with Crippen LogP contribution >= 0.6 is 0 Å². The Labute approximate surface area is 202 Å². The van der Waals surface area contributed by atoms with Crippen LogP contribution in [0.1, 0.15) is 39.1 Å². The van der Waals surface area contributed by atoms with Crippen molar-refractivity contribution in [2.75, 3.05) is 28.6 Å². The van der Waals surface area contributed by atoms with E-state index in [-0.39, 0.29) is 30.2 Å². The van der Waals surface area contributed by atoms with Gasteiger partial charge in [0.15, 0.2) is 0 Å². The van der Waals surface area contributed by atoms with Crippen LogP contribution in [-0.4, -0.2) is 41.6 Å². The molecule has 0 unspecified atom stereocenters. The SMILES string of the molecule is O=C1CN(C(=O)c2ccc(NC(=O)c3ccc(CN4CCCC4=O)cc3)cc2)c2ccccc2N1. The van der Waals surface area contributed by atoms with Gasteiger partial charge in [0.25, 0.3) is 11.8 Å². The fourth-order valence-corrected chi connectivity index (χ4v) is 4.32. The number of likely N-dealkylation sites (tertiary alicyclic amines) is 1. The van der Waals surface area contributed by atoms with E-state index in [0.29, 0.717) is 41.2 Å². The maximum atomic E-state index is 13.1. The Balaban J connectivity index is 1.23. The zero-order chi connectivity index (χ0) is 24.4. The lowest BCUT2D eigenvalue weighted by molar-refractivity contribution is -0.128. The first kappa shape index (κ1) is 22.3. The van der Waals surface area contributed by atoms with Crippen molar-refractivity contribution in [3.63, 3.8) is 0 Å². The normalized spacial score (nSPS) is 15.0. The van der Waals surface area contributed by atoms with Gasteiger partial charge in [-0.3, -0.25) is 24.1 Å². The molecule has 5 rings (SSSR count). The second-order valence-corrected chi connectivity index (χ2v) is 8.60. The number of anilines is 3. The Morgan fingerprint density at radius 3 is 2.31 bits per heavy atom. The zero-order valence-electron chi connectivity index (χ0n) is 19.0. The topological polar surface area (TPSA) is 98.8 Å². The minimum absolute atomic E-state index is 0.0593. The van der Waals surface area contributed by atoms with Crippen molar-refractivity contribution in [3.05, 3.63) is 89.5 Å². The number of hydrogen-bond acceptors (Lipinski definition) is 4. The van der Waals surface area contributed by atoms with Crippen molar-refractivity contribution < 1.29 is 19.2 Å². The standard InChI is InChI=1S/C27H24N4O4/c32-24-17-31(23-5-2-1-4-22(23)29-24)27(35)20-11-13-21(14-12-20)28-26(34)19-9-7-18(8-10-19)16-30-15-3-6-25(30)33/h1-2,4-5,7-14H,3,6,15-17H2,(H,28,34)(H,29,32). The smallest absolute Gasteiger partial charge is 0.258 e. The molecule has 0 atom stereocenters. The highest BCUT2D eigenvalue weighted by Gasteiger charge is 2.27. The molecule has 0 saturated carbocycles. The summed E-state index contributed by atoms with van der Waals surface area (Å²) < 4.78 is 0. The quantitative estimate of drug-likeness (QED) is 0.597. The van der Waals surface area contributed by atoms with Gasteiger partial charge in [-0.25, -0.2) is 0 Å². The van der Waals surface area contributed by atoms with E-state index in [1.165, 1.54) is 4.90 Å². The van der Waals surface area contributed by atoms with Crippen LogP contribution < -0.4 is 15.5 Å². The summed E-state index contributed by atoms with van der Waals surface area (Å²) in [6, 6.07) is 20.9. The lowest BCUT2D eigenvalue weighted by atomic mass is 10.1. The van der Waals surface area contributed by atoms with E-state index in [2.05, 4.69) is 10.6 Å². The highest BCUT2D eigenvalue weighted by Crippen LogP contribution is 2.30. The van der Waals surface area contributed by atoms with E-state index in [0.717, 1.165) is 18.5 Å². The molecule has 3 aromatic rings. The molecule has 2 aliphatic heterocycles. The number of rotatable bonds is 5. The largest absolute Gasteiger partial charge is 0.338 e. The third-order valence-corrected chi connectivity index (χ3v) is 6.17. The van der Waals surface area contributed by atoms with Crippen LogP contribution in [-0.2, 0) is 16.1 Å². The summed E-state index contributed by atoms with van der Waals surface area (Å²) in [5.74, 6) is -0.646. The van der Waals surface area contributed by atoms with Crippen LogP contribution in [0, 0.1) is 0 Å². The number of carbonyl (C=O) groups excluding carboxylic acids is 4. The molecule has 0 aliphatic carbocycles. The molecule has 4 amide bonds. The highest BCUT2D eigenvalue weighted by molar-refractivity contribution is 6.15. The first-order valence-corrected chi connectivity index (χ1v) is 11.5. The van der Waals surface area contributed by atoms with Gasteiger partial charge in [-0.1, -0.05) is 24.3 Å². The van der Waals surface area contributed by atoms with Gasteiger partial charge in [0.2, 0.25) is 11.8 Å². The summed E-state index contributed by atoms with van der Waals surface area (Å²) in [5.41, 5.74) is 3.68. The van der Waals surface area contributed by atoms with Crippen LogP contribution in [0.15, 0.2) is 72.8 Å². The lowest BCUT2D eigenvalue weighted by Gasteiger charge is -2.29. The minimum Gasteiger partial charge on any atom is -0.338 e. The fraction of sp³-hybridized carbons (Fsp3) is 0.185. The second-order valence-electron chi connectivity index (χ2n) is 8.60. The number of benzene rings is 3. The summed E-state index contributed by atoms with van der Waals surface area (Å²) in [5, 5.41) is 5.60.